The molecule has 0 N–H and O–H groups in total. The zero-order valence-electron chi connectivity index (χ0n) is 12.1. The fourth-order valence-electron chi connectivity index (χ4n) is 2.48. The summed E-state index contributed by atoms with van der Waals surface area (Å²) in [6, 6.07) is 0.121. The third kappa shape index (κ3) is 4.09. The molecule has 2 heteroatoms. The number of hydrogen-bond donors (Lipinski definition) is 0. The van der Waals surface area contributed by atoms with E-state index in [1.807, 2.05) is 31.2 Å². The highest BCUT2D eigenvalue weighted by Crippen LogP contribution is 2.31. The number of likely N-dealkylation sites (tertiary alicyclic amines) is 1. The molecule has 18 heavy (non-hydrogen) atoms. The Labute approximate surface area is 111 Å². The van der Waals surface area contributed by atoms with Crippen molar-refractivity contribution in [3.8, 4) is 0 Å². The van der Waals surface area contributed by atoms with Gasteiger partial charge in [0.2, 0.25) is 0 Å². The molecule has 102 valence electrons. The van der Waals surface area contributed by atoms with Gasteiger partial charge in [-0.25, -0.2) is 4.39 Å². The molecule has 0 aromatic heterocycles. The van der Waals surface area contributed by atoms with Crippen molar-refractivity contribution in [3.05, 3.63) is 36.5 Å². The van der Waals surface area contributed by atoms with Gasteiger partial charge in [0, 0.05) is 18.1 Å². The minimum absolute atomic E-state index is 0.0577. The number of alkyl halides is 1. The highest BCUT2D eigenvalue weighted by molar-refractivity contribution is 5.25. The van der Waals surface area contributed by atoms with E-state index in [9.17, 15) is 4.39 Å². The molecule has 0 aromatic rings. The van der Waals surface area contributed by atoms with Gasteiger partial charge < -0.3 is 0 Å². The van der Waals surface area contributed by atoms with Crippen LogP contribution in [0.3, 0.4) is 0 Å². The van der Waals surface area contributed by atoms with Gasteiger partial charge in [0.05, 0.1) is 0 Å². The summed E-state index contributed by atoms with van der Waals surface area (Å²) in [6.07, 6.45) is 8.44. The largest absolute Gasteiger partial charge is 0.291 e. The smallest absolute Gasteiger partial charge is 0.103 e. The number of rotatable bonds is 3. The zero-order valence-corrected chi connectivity index (χ0v) is 12.1. The van der Waals surface area contributed by atoms with Crippen LogP contribution >= 0.6 is 0 Å². The normalized spacial score (nSPS) is 27.2. The number of allylic oxidation sites excluding steroid dienone is 3. The van der Waals surface area contributed by atoms with Crippen LogP contribution in [0.5, 0.6) is 0 Å². The summed E-state index contributed by atoms with van der Waals surface area (Å²) in [5, 5.41) is 0. The van der Waals surface area contributed by atoms with Gasteiger partial charge in [-0.1, -0.05) is 30.9 Å². The first-order chi connectivity index (χ1) is 8.36. The van der Waals surface area contributed by atoms with Crippen molar-refractivity contribution in [1.82, 2.24) is 4.90 Å². The summed E-state index contributed by atoms with van der Waals surface area (Å²) in [4.78, 5) is 2.37. The van der Waals surface area contributed by atoms with E-state index < -0.39 is 6.17 Å². The average molecular weight is 251 g/mol. The molecule has 1 nitrogen and oxygen atoms in total. The second kappa shape index (κ2) is 6.33. The summed E-state index contributed by atoms with van der Waals surface area (Å²) in [5.74, 6) is 0. The lowest BCUT2D eigenvalue weighted by Crippen LogP contribution is -2.53. The lowest BCUT2D eigenvalue weighted by molar-refractivity contribution is 0.0378. The number of nitrogens with zero attached hydrogens (tertiary/aromatic N) is 1. The van der Waals surface area contributed by atoms with Gasteiger partial charge in [-0.15, -0.1) is 0 Å². The maximum atomic E-state index is 13.6. The third-order valence-corrected chi connectivity index (χ3v) is 3.44. The molecule has 1 aliphatic rings. The number of piperidine rings is 1. The van der Waals surface area contributed by atoms with Crippen LogP contribution in [0.4, 0.5) is 4.39 Å². The summed E-state index contributed by atoms with van der Waals surface area (Å²) in [6.45, 7) is 13.5. The predicted molar refractivity (Wildman–Crippen MR) is 77.5 cm³/mol. The topological polar surface area (TPSA) is 3.24 Å². The van der Waals surface area contributed by atoms with Crippen LogP contribution in [0.25, 0.3) is 0 Å². The molecule has 1 fully saturated rings. The lowest BCUT2D eigenvalue weighted by Gasteiger charge is -2.46. The summed E-state index contributed by atoms with van der Waals surface area (Å²) >= 11 is 0. The average Bonchev–Trinajstić information content (AvgIpc) is 2.27. The maximum Gasteiger partial charge on any atom is 0.103 e. The van der Waals surface area contributed by atoms with E-state index in [2.05, 4.69) is 32.3 Å². The van der Waals surface area contributed by atoms with E-state index in [0.717, 1.165) is 12.1 Å². The molecule has 0 saturated carbocycles. The summed E-state index contributed by atoms with van der Waals surface area (Å²) < 4.78 is 13.6. The minimum Gasteiger partial charge on any atom is -0.291 e. The SMILES string of the molecule is C=C(/C=C\C=C/C)[C@H]1C[C@@H](F)CCN1C(C)(C)C. The van der Waals surface area contributed by atoms with E-state index in [4.69, 9.17) is 0 Å². The first kappa shape index (κ1) is 15.2. The quantitative estimate of drug-likeness (QED) is 0.677. The van der Waals surface area contributed by atoms with Crippen molar-refractivity contribution in [2.45, 2.75) is 58.3 Å². The zero-order chi connectivity index (χ0) is 13.8. The Hall–Kier alpha value is -0.890. The molecule has 0 spiro atoms. The van der Waals surface area contributed by atoms with Gasteiger partial charge in [-0.3, -0.25) is 4.90 Å². The monoisotopic (exact) mass is 251 g/mol. The molecule has 1 heterocycles. The van der Waals surface area contributed by atoms with E-state index in [0.29, 0.717) is 12.8 Å². The molecule has 0 radical (unpaired) electrons. The van der Waals surface area contributed by atoms with E-state index in [1.165, 1.54) is 0 Å². The van der Waals surface area contributed by atoms with Gasteiger partial charge in [-0.2, -0.15) is 0 Å². The second-order valence-corrected chi connectivity index (χ2v) is 5.96. The molecule has 1 saturated heterocycles. The molecule has 0 bridgehead atoms. The predicted octanol–water partition coefficient (Wildman–Crippen LogP) is 4.28. The van der Waals surface area contributed by atoms with Gasteiger partial charge in [0.15, 0.2) is 0 Å². The Morgan fingerprint density at radius 1 is 1.33 bits per heavy atom. The van der Waals surface area contributed by atoms with E-state index in [-0.39, 0.29) is 11.6 Å². The first-order valence-electron chi connectivity index (χ1n) is 6.75. The molecule has 1 aliphatic heterocycles. The number of hydrogen-bond acceptors (Lipinski definition) is 1. The van der Waals surface area contributed by atoms with Crippen LogP contribution in [-0.4, -0.2) is 29.2 Å². The van der Waals surface area contributed by atoms with Crippen LogP contribution in [0, 0.1) is 0 Å². The van der Waals surface area contributed by atoms with Crippen LogP contribution < -0.4 is 0 Å². The van der Waals surface area contributed by atoms with Crippen molar-refractivity contribution in [1.29, 1.82) is 0 Å². The highest BCUT2D eigenvalue weighted by atomic mass is 19.1. The van der Waals surface area contributed by atoms with Crippen LogP contribution in [0.2, 0.25) is 0 Å². The van der Waals surface area contributed by atoms with Gasteiger partial charge in [0.25, 0.3) is 0 Å². The molecule has 0 unspecified atom stereocenters. The van der Waals surface area contributed by atoms with Crippen molar-refractivity contribution < 1.29 is 4.39 Å². The standard InChI is InChI=1S/C16H26FN/c1-6-7-8-9-13(2)15-12-14(17)10-11-18(15)16(3,4)5/h6-9,14-15H,2,10-12H2,1,3-5H3/b7-6-,9-8-/t14-,15+/m0/s1. The van der Waals surface area contributed by atoms with Gasteiger partial charge in [0.1, 0.15) is 6.17 Å². The maximum absolute atomic E-state index is 13.6. The molecule has 2 atom stereocenters. The summed E-state index contributed by atoms with van der Waals surface area (Å²) in [7, 11) is 0. The Morgan fingerprint density at radius 2 is 2.00 bits per heavy atom. The van der Waals surface area contributed by atoms with E-state index in [1.54, 1.807) is 0 Å². The fourth-order valence-corrected chi connectivity index (χ4v) is 2.48. The second-order valence-electron chi connectivity index (χ2n) is 5.96. The molecular weight excluding hydrogens is 225 g/mol. The Kier molecular flexibility index (Phi) is 5.33. The van der Waals surface area contributed by atoms with Crippen LogP contribution in [-0.2, 0) is 0 Å². The first-order valence-corrected chi connectivity index (χ1v) is 6.75. The van der Waals surface area contributed by atoms with Crippen LogP contribution in [0.1, 0.15) is 40.5 Å². The van der Waals surface area contributed by atoms with Crippen LogP contribution in [0.15, 0.2) is 36.5 Å². The molecule has 0 amide bonds. The van der Waals surface area contributed by atoms with Crippen molar-refractivity contribution in [2.24, 2.45) is 0 Å². The third-order valence-electron chi connectivity index (χ3n) is 3.44. The molecular formula is C16H26FN. The lowest BCUT2D eigenvalue weighted by atomic mass is 9.89. The Balaban J connectivity index is 2.82. The van der Waals surface area contributed by atoms with Gasteiger partial charge in [-0.05, 0) is 46.1 Å². The van der Waals surface area contributed by atoms with Crippen molar-refractivity contribution in [3.63, 3.8) is 0 Å². The van der Waals surface area contributed by atoms with Crippen molar-refractivity contribution >= 4 is 0 Å². The minimum atomic E-state index is -0.694. The van der Waals surface area contributed by atoms with Gasteiger partial charge >= 0.3 is 0 Å². The highest BCUT2D eigenvalue weighted by Gasteiger charge is 2.35. The van der Waals surface area contributed by atoms with E-state index >= 15 is 0 Å². The molecule has 1 rings (SSSR count). The Morgan fingerprint density at radius 3 is 2.56 bits per heavy atom. The fraction of sp³-hybridized carbons (Fsp3) is 0.625. The summed E-state index contributed by atoms with van der Waals surface area (Å²) in [5.41, 5.74) is 1.06. The molecule has 0 aliphatic carbocycles. The molecule has 0 aromatic carbocycles. The Bertz CT molecular complexity index is 335. The number of halogens is 1. The van der Waals surface area contributed by atoms with Crippen molar-refractivity contribution in [2.75, 3.05) is 6.54 Å².